The molecule has 37 heavy (non-hydrogen) atoms. The van der Waals surface area contributed by atoms with E-state index in [1.54, 1.807) is 0 Å². The lowest BCUT2D eigenvalue weighted by atomic mass is 9.94. The van der Waals surface area contributed by atoms with Crippen LogP contribution in [0.2, 0.25) is 0 Å². The van der Waals surface area contributed by atoms with Crippen LogP contribution in [0.1, 0.15) is 54.0 Å². The highest BCUT2D eigenvalue weighted by molar-refractivity contribution is 7.91. The van der Waals surface area contributed by atoms with Crippen LogP contribution in [-0.2, 0) is 28.2 Å². The standard InChI is InChI=1S/C27H34N6O3S/c1-32-17-24-26(21-10-12-37(34,35)13-11-21)29-15-23(16-31-33(2)27(24)30-18-36-19-32)22-8-9-25(28-14-22)20-6-4-3-5-7-20/h3-7,14-16,21,30H,8-13,17-19H2,1-2H3. The SMILES string of the molecule is CN1COCNc2c(c(C3CCS(=O)(=O)CC3)ncc(C3=CN=C(c4ccccc4)CC3)cnn2C)C1. The Balaban J connectivity index is 1.61. The highest BCUT2D eigenvalue weighted by Gasteiger charge is 2.29. The molecule has 0 unspecified atom stereocenters. The van der Waals surface area contributed by atoms with Crippen LogP contribution in [0.5, 0.6) is 0 Å². The average Bonchev–Trinajstić information content (AvgIpc) is 2.95. The van der Waals surface area contributed by atoms with E-state index in [2.05, 4.69) is 22.3 Å². The van der Waals surface area contributed by atoms with E-state index in [-0.39, 0.29) is 17.4 Å². The molecule has 0 amide bonds. The fourth-order valence-electron chi connectivity index (χ4n) is 5.07. The van der Waals surface area contributed by atoms with Crippen LogP contribution in [0.15, 0.2) is 53.9 Å². The summed E-state index contributed by atoms with van der Waals surface area (Å²) in [6.07, 6.45) is 8.46. The van der Waals surface area contributed by atoms with Crippen LogP contribution in [0.25, 0.3) is 5.57 Å². The molecule has 2 aromatic rings. The summed E-state index contributed by atoms with van der Waals surface area (Å²) in [7, 11) is 0.926. The number of hydrogen-bond acceptors (Lipinski definition) is 8. The Bertz CT molecular complexity index is 1350. The molecule has 5 rings (SSSR count). The van der Waals surface area contributed by atoms with Gasteiger partial charge in [0.25, 0.3) is 0 Å². The molecule has 9 nitrogen and oxygen atoms in total. The van der Waals surface area contributed by atoms with Gasteiger partial charge in [-0.3, -0.25) is 19.6 Å². The van der Waals surface area contributed by atoms with Gasteiger partial charge < -0.3 is 10.1 Å². The van der Waals surface area contributed by atoms with Crippen LogP contribution < -0.4 is 5.32 Å². The van der Waals surface area contributed by atoms with E-state index in [1.807, 2.05) is 55.6 Å². The Morgan fingerprint density at radius 2 is 1.81 bits per heavy atom. The number of rotatable bonds is 3. The molecule has 0 atom stereocenters. The highest BCUT2D eigenvalue weighted by Crippen LogP contribution is 2.33. The monoisotopic (exact) mass is 522 g/mol. The van der Waals surface area contributed by atoms with E-state index in [0.29, 0.717) is 32.8 Å². The summed E-state index contributed by atoms with van der Waals surface area (Å²) in [4.78, 5) is 11.9. The van der Waals surface area contributed by atoms with Gasteiger partial charge in [0, 0.05) is 48.7 Å². The number of hydrogen-bond donors (Lipinski definition) is 1. The minimum absolute atomic E-state index is 0.0520. The minimum Gasteiger partial charge on any atom is -0.347 e. The molecular formula is C27H34N6O3S. The predicted octanol–water partition coefficient (Wildman–Crippen LogP) is 3.64. The molecule has 196 valence electrons. The maximum atomic E-state index is 12.2. The van der Waals surface area contributed by atoms with E-state index in [0.717, 1.165) is 52.3 Å². The number of benzene rings is 1. The fourth-order valence-corrected chi connectivity index (χ4v) is 6.57. The van der Waals surface area contributed by atoms with Gasteiger partial charge in [0.2, 0.25) is 0 Å². The Labute approximate surface area is 218 Å². The first-order valence-electron chi connectivity index (χ1n) is 12.7. The second-order valence-corrected chi connectivity index (χ2v) is 12.2. The van der Waals surface area contributed by atoms with Gasteiger partial charge in [0.15, 0.2) is 0 Å². The van der Waals surface area contributed by atoms with Gasteiger partial charge in [-0.2, -0.15) is 5.10 Å². The van der Waals surface area contributed by atoms with Crippen molar-refractivity contribution in [1.29, 1.82) is 0 Å². The quantitative estimate of drug-likeness (QED) is 0.657. The smallest absolute Gasteiger partial charge is 0.150 e. The predicted molar refractivity (Wildman–Crippen MR) is 145 cm³/mol. The Morgan fingerprint density at radius 1 is 1.03 bits per heavy atom. The van der Waals surface area contributed by atoms with Gasteiger partial charge in [-0.05, 0) is 43.9 Å². The van der Waals surface area contributed by atoms with Crippen molar-refractivity contribution in [3.05, 3.63) is 71.3 Å². The molecule has 3 aliphatic rings. The zero-order chi connectivity index (χ0) is 25.8. The maximum absolute atomic E-state index is 12.2. The molecule has 3 aliphatic heterocycles. The number of aliphatic imine (C=N–C) groups is 1. The summed E-state index contributed by atoms with van der Waals surface area (Å²) >= 11 is 0. The molecule has 1 aromatic heterocycles. The zero-order valence-electron chi connectivity index (χ0n) is 21.4. The lowest BCUT2D eigenvalue weighted by molar-refractivity contribution is 0.0456. The topological polar surface area (TPSA) is 102 Å². The number of nitrogens with one attached hydrogen (secondary N) is 1. The molecule has 0 aliphatic carbocycles. The first-order valence-corrected chi connectivity index (χ1v) is 14.5. The Kier molecular flexibility index (Phi) is 7.68. The van der Waals surface area contributed by atoms with Crippen molar-refractivity contribution in [1.82, 2.24) is 19.7 Å². The third kappa shape index (κ3) is 6.08. The molecular weight excluding hydrogens is 488 g/mol. The fraction of sp³-hybridized carbons (Fsp3) is 0.444. The zero-order valence-corrected chi connectivity index (χ0v) is 22.2. The van der Waals surface area contributed by atoms with Crippen molar-refractivity contribution >= 4 is 26.9 Å². The Hall–Kier alpha value is -3.08. The van der Waals surface area contributed by atoms with Crippen molar-refractivity contribution in [2.24, 2.45) is 12.0 Å². The van der Waals surface area contributed by atoms with Gasteiger partial charge >= 0.3 is 0 Å². The van der Waals surface area contributed by atoms with Gasteiger partial charge in [-0.25, -0.2) is 8.42 Å². The van der Waals surface area contributed by atoms with Crippen molar-refractivity contribution in [3.63, 3.8) is 0 Å². The van der Waals surface area contributed by atoms with Crippen LogP contribution in [0, 0.1) is 0 Å². The summed E-state index contributed by atoms with van der Waals surface area (Å²) < 4.78 is 31.9. The molecule has 10 heteroatoms. The van der Waals surface area contributed by atoms with Gasteiger partial charge in [0.05, 0.1) is 23.4 Å². The second-order valence-electron chi connectivity index (χ2n) is 9.88. The van der Waals surface area contributed by atoms with Crippen LogP contribution in [-0.4, -0.2) is 65.8 Å². The molecule has 0 bridgehead atoms. The summed E-state index contributed by atoms with van der Waals surface area (Å²) in [5, 5.41) is 8.13. The number of aryl methyl sites for hydroxylation is 1. The summed E-state index contributed by atoms with van der Waals surface area (Å²) in [6.45, 7) is 1.44. The number of nitrogens with zero attached hydrogens (tertiary/aromatic N) is 5. The normalized spacial score (nSPS) is 20.4. The Morgan fingerprint density at radius 3 is 2.54 bits per heavy atom. The number of ether oxygens (including phenoxy) is 1. The van der Waals surface area contributed by atoms with E-state index in [1.165, 1.54) is 0 Å². The van der Waals surface area contributed by atoms with Crippen LogP contribution >= 0.6 is 0 Å². The van der Waals surface area contributed by atoms with Gasteiger partial charge in [-0.1, -0.05) is 30.3 Å². The molecule has 0 radical (unpaired) electrons. The van der Waals surface area contributed by atoms with E-state index in [4.69, 9.17) is 19.8 Å². The number of sulfone groups is 1. The third-order valence-electron chi connectivity index (χ3n) is 7.14. The van der Waals surface area contributed by atoms with Crippen molar-refractivity contribution in [2.75, 3.05) is 37.3 Å². The largest absolute Gasteiger partial charge is 0.347 e. The summed E-state index contributed by atoms with van der Waals surface area (Å²) in [5.41, 5.74) is 6.15. The third-order valence-corrected chi connectivity index (χ3v) is 8.85. The van der Waals surface area contributed by atoms with Crippen molar-refractivity contribution in [3.8, 4) is 0 Å². The van der Waals surface area contributed by atoms with Crippen molar-refractivity contribution < 1.29 is 13.2 Å². The molecule has 1 fully saturated rings. The highest BCUT2D eigenvalue weighted by atomic mass is 32.2. The number of aromatic nitrogens is 3. The summed E-state index contributed by atoms with van der Waals surface area (Å²) in [6, 6.07) is 10.2. The molecule has 1 N–H and O–H groups in total. The van der Waals surface area contributed by atoms with E-state index >= 15 is 0 Å². The molecule has 0 saturated carbocycles. The van der Waals surface area contributed by atoms with E-state index < -0.39 is 9.84 Å². The molecule has 1 saturated heterocycles. The van der Waals surface area contributed by atoms with Gasteiger partial charge in [-0.15, -0.1) is 0 Å². The number of anilines is 1. The molecule has 0 spiro atoms. The first-order chi connectivity index (χ1) is 17.9. The first kappa shape index (κ1) is 25.6. The molecule has 1 aromatic carbocycles. The molecule has 4 heterocycles. The van der Waals surface area contributed by atoms with Crippen molar-refractivity contribution in [2.45, 2.75) is 38.1 Å². The van der Waals surface area contributed by atoms with Crippen LogP contribution in [0.4, 0.5) is 5.82 Å². The lowest BCUT2D eigenvalue weighted by Crippen LogP contribution is -2.30. The van der Waals surface area contributed by atoms with Gasteiger partial charge in [0.1, 0.15) is 29.1 Å². The lowest BCUT2D eigenvalue weighted by Gasteiger charge is -2.28. The maximum Gasteiger partial charge on any atom is 0.150 e. The van der Waals surface area contributed by atoms with Crippen LogP contribution in [0.3, 0.4) is 0 Å². The minimum atomic E-state index is -2.99. The van der Waals surface area contributed by atoms with E-state index in [9.17, 15) is 8.42 Å². The number of allylic oxidation sites excluding steroid dienone is 1. The average molecular weight is 523 g/mol. The second kappa shape index (κ2) is 11.1. The number of fused-ring (bicyclic) bond motifs is 1. The summed E-state index contributed by atoms with van der Waals surface area (Å²) in [5.74, 6) is 1.26.